The molecule has 0 spiro atoms. The minimum absolute atomic E-state index is 1.02. The summed E-state index contributed by atoms with van der Waals surface area (Å²) in [6.07, 6.45) is 4.31. The highest BCUT2D eigenvalue weighted by molar-refractivity contribution is 5.82. The van der Waals surface area contributed by atoms with Gasteiger partial charge in [0.15, 0.2) is 0 Å². The maximum Gasteiger partial charge on any atom is -0.00581 e. The van der Waals surface area contributed by atoms with Crippen LogP contribution in [-0.4, -0.2) is 0 Å². The van der Waals surface area contributed by atoms with E-state index in [1.54, 1.807) is 0 Å². The highest BCUT2D eigenvalue weighted by atomic mass is 14.2. The van der Waals surface area contributed by atoms with E-state index < -0.39 is 0 Å². The molecule has 3 rings (SSSR count). The van der Waals surface area contributed by atoms with Crippen LogP contribution in [0.2, 0.25) is 0 Å². The van der Waals surface area contributed by atoms with Crippen LogP contribution in [0.5, 0.6) is 0 Å². The van der Waals surface area contributed by atoms with E-state index in [0.29, 0.717) is 0 Å². The number of rotatable bonds is 6. The average molecular weight is 327 g/mol. The Morgan fingerprint density at radius 1 is 0.680 bits per heavy atom. The van der Waals surface area contributed by atoms with Crippen molar-refractivity contribution >= 4 is 0 Å². The van der Waals surface area contributed by atoms with Crippen molar-refractivity contribution in [2.45, 2.75) is 46.5 Å². The van der Waals surface area contributed by atoms with Crippen molar-refractivity contribution in [3.63, 3.8) is 0 Å². The maximum absolute atomic E-state index is 3.81. The zero-order chi connectivity index (χ0) is 17.6. The van der Waals surface area contributed by atoms with Gasteiger partial charge in [0.2, 0.25) is 0 Å². The highest BCUT2D eigenvalue weighted by Crippen LogP contribution is 2.38. The van der Waals surface area contributed by atoms with Crippen molar-refractivity contribution in [3.05, 3.63) is 83.4 Å². The van der Waals surface area contributed by atoms with Gasteiger partial charge in [-0.2, -0.15) is 0 Å². The first-order chi connectivity index (χ1) is 12.3. The van der Waals surface area contributed by atoms with Crippen LogP contribution in [0.25, 0.3) is 22.3 Å². The van der Waals surface area contributed by atoms with Crippen LogP contribution in [0.1, 0.15) is 43.9 Å². The molecule has 1 radical (unpaired) electrons. The van der Waals surface area contributed by atoms with Gasteiger partial charge in [0.05, 0.1) is 0 Å². The smallest absolute Gasteiger partial charge is 0.00581 e. The van der Waals surface area contributed by atoms with Crippen molar-refractivity contribution in [3.8, 4) is 22.3 Å². The minimum atomic E-state index is 1.02. The molecule has 0 fully saturated rings. The van der Waals surface area contributed by atoms with E-state index >= 15 is 0 Å². The van der Waals surface area contributed by atoms with Gasteiger partial charge in [0.25, 0.3) is 0 Å². The molecule has 0 aromatic heterocycles. The van der Waals surface area contributed by atoms with Gasteiger partial charge in [-0.05, 0) is 64.3 Å². The predicted molar refractivity (Wildman–Crippen MR) is 109 cm³/mol. The first-order valence-corrected chi connectivity index (χ1v) is 9.50. The molecular weight excluding hydrogens is 300 g/mol. The number of aryl methyl sites for hydroxylation is 1. The van der Waals surface area contributed by atoms with Gasteiger partial charge in [-0.25, -0.2) is 0 Å². The van der Waals surface area contributed by atoms with Gasteiger partial charge < -0.3 is 0 Å². The molecule has 127 valence electrons. The van der Waals surface area contributed by atoms with Crippen LogP contribution in [0.3, 0.4) is 0 Å². The molecule has 0 aliphatic heterocycles. The van der Waals surface area contributed by atoms with Gasteiger partial charge in [-0.3, -0.25) is 0 Å². The van der Waals surface area contributed by atoms with Crippen molar-refractivity contribution in [1.29, 1.82) is 0 Å². The standard InChI is InChI=1S/C25H27/c1-4-13-21-18-24(19-14-9-7-10-15-19)23(6-3)25(22(21)5-2)20-16-11-8-12-17-20/h7-12,14-17H,4-6,13H2,1-3H3. The Kier molecular flexibility index (Phi) is 5.71. The monoisotopic (exact) mass is 327 g/mol. The molecule has 0 saturated carbocycles. The van der Waals surface area contributed by atoms with Crippen LogP contribution in [0.15, 0.2) is 60.7 Å². The van der Waals surface area contributed by atoms with Gasteiger partial charge in [0, 0.05) is 0 Å². The fraction of sp³-hybridized carbons (Fsp3) is 0.280. The zero-order valence-electron chi connectivity index (χ0n) is 15.6. The largest absolute Gasteiger partial charge is 0.0651 e. The summed E-state index contributed by atoms with van der Waals surface area (Å²) in [5.41, 5.74) is 9.61. The number of hydrogen-bond acceptors (Lipinski definition) is 0. The van der Waals surface area contributed by atoms with Crippen LogP contribution in [-0.2, 0) is 19.3 Å². The summed E-state index contributed by atoms with van der Waals surface area (Å²) in [5.74, 6) is 0. The third-order valence-electron chi connectivity index (χ3n) is 4.88. The second kappa shape index (κ2) is 8.16. The molecule has 3 aromatic carbocycles. The maximum atomic E-state index is 3.81. The zero-order valence-corrected chi connectivity index (χ0v) is 15.6. The fourth-order valence-electron chi connectivity index (χ4n) is 3.77. The van der Waals surface area contributed by atoms with E-state index in [4.69, 9.17) is 0 Å². The molecule has 0 N–H and O–H groups in total. The van der Waals surface area contributed by atoms with Crippen LogP contribution < -0.4 is 0 Å². The summed E-state index contributed by atoms with van der Waals surface area (Å²) >= 11 is 0. The summed E-state index contributed by atoms with van der Waals surface area (Å²) in [5, 5.41) is 0. The molecule has 0 aliphatic carbocycles. The quantitative estimate of drug-likeness (QED) is 0.462. The average Bonchev–Trinajstić information content (AvgIpc) is 2.68. The predicted octanol–water partition coefficient (Wildman–Crippen LogP) is 6.90. The number of hydrogen-bond donors (Lipinski definition) is 0. The molecular formula is C25H27. The van der Waals surface area contributed by atoms with E-state index in [1.165, 1.54) is 38.9 Å². The fourth-order valence-corrected chi connectivity index (χ4v) is 3.77. The molecule has 0 atom stereocenters. The van der Waals surface area contributed by atoms with Gasteiger partial charge in [-0.15, -0.1) is 0 Å². The van der Waals surface area contributed by atoms with E-state index in [2.05, 4.69) is 87.5 Å². The number of benzene rings is 3. The normalized spacial score (nSPS) is 10.8. The molecule has 25 heavy (non-hydrogen) atoms. The lowest BCUT2D eigenvalue weighted by Gasteiger charge is -2.22. The minimum Gasteiger partial charge on any atom is -0.0651 e. The molecule has 0 heteroatoms. The Bertz CT molecular complexity index is 814. The molecule has 0 saturated heterocycles. The van der Waals surface area contributed by atoms with Crippen LogP contribution in [0, 0.1) is 6.07 Å². The van der Waals surface area contributed by atoms with E-state index in [1.807, 2.05) is 0 Å². The second-order valence-electron chi connectivity index (χ2n) is 6.50. The summed E-state index contributed by atoms with van der Waals surface area (Å²) < 4.78 is 0. The Hall–Kier alpha value is -2.34. The molecule has 0 aliphatic rings. The first kappa shape index (κ1) is 17.5. The third-order valence-corrected chi connectivity index (χ3v) is 4.88. The lowest BCUT2D eigenvalue weighted by atomic mass is 9.82. The van der Waals surface area contributed by atoms with Gasteiger partial charge in [-0.1, -0.05) is 87.9 Å². The van der Waals surface area contributed by atoms with Crippen LogP contribution in [0.4, 0.5) is 0 Å². The topological polar surface area (TPSA) is 0 Å². The molecule has 0 unspecified atom stereocenters. The molecule has 0 bridgehead atoms. The molecule has 0 nitrogen and oxygen atoms in total. The molecule has 3 aromatic rings. The van der Waals surface area contributed by atoms with E-state index in [-0.39, 0.29) is 0 Å². The van der Waals surface area contributed by atoms with Crippen molar-refractivity contribution in [2.75, 3.05) is 0 Å². The van der Waals surface area contributed by atoms with E-state index in [9.17, 15) is 0 Å². The lowest BCUT2D eigenvalue weighted by molar-refractivity contribution is 0.896. The lowest BCUT2D eigenvalue weighted by Crippen LogP contribution is -2.04. The molecule has 0 amide bonds. The van der Waals surface area contributed by atoms with Crippen molar-refractivity contribution < 1.29 is 0 Å². The molecule has 0 heterocycles. The first-order valence-electron chi connectivity index (χ1n) is 9.50. The SMILES string of the molecule is CCCc1[c]c(-c2ccccc2)c(CC)c(-c2ccccc2)c1CC. The van der Waals surface area contributed by atoms with Crippen molar-refractivity contribution in [2.24, 2.45) is 0 Å². The van der Waals surface area contributed by atoms with Crippen molar-refractivity contribution in [1.82, 2.24) is 0 Å². The van der Waals surface area contributed by atoms with Crippen LogP contribution >= 0.6 is 0 Å². The van der Waals surface area contributed by atoms with Gasteiger partial charge in [0.1, 0.15) is 0 Å². The Labute approximate surface area is 152 Å². The Balaban J connectivity index is 2.35. The third kappa shape index (κ3) is 3.54. The summed E-state index contributed by atoms with van der Waals surface area (Å²) in [4.78, 5) is 0. The summed E-state index contributed by atoms with van der Waals surface area (Å²) in [7, 11) is 0. The summed E-state index contributed by atoms with van der Waals surface area (Å²) in [6, 6.07) is 25.4. The Morgan fingerprint density at radius 2 is 1.24 bits per heavy atom. The Morgan fingerprint density at radius 3 is 1.76 bits per heavy atom. The summed E-state index contributed by atoms with van der Waals surface area (Å²) in [6.45, 7) is 6.79. The van der Waals surface area contributed by atoms with Gasteiger partial charge >= 0.3 is 0 Å². The second-order valence-corrected chi connectivity index (χ2v) is 6.50. The van der Waals surface area contributed by atoms with E-state index in [0.717, 1.165) is 25.7 Å². The highest BCUT2D eigenvalue weighted by Gasteiger charge is 2.18.